The van der Waals surface area contributed by atoms with E-state index in [-0.39, 0.29) is 35.3 Å². The topological polar surface area (TPSA) is 92.3 Å². The van der Waals surface area contributed by atoms with Crippen molar-refractivity contribution in [3.8, 4) is 0 Å². The van der Waals surface area contributed by atoms with Crippen LogP contribution in [0.1, 0.15) is 41.4 Å². The highest BCUT2D eigenvalue weighted by molar-refractivity contribution is 9.19. The molecule has 2 N–H and O–H groups in total. The number of halogens is 8. The van der Waals surface area contributed by atoms with E-state index < -0.39 is 21.2 Å². The van der Waals surface area contributed by atoms with Crippen molar-refractivity contribution in [2.24, 2.45) is 0 Å². The van der Waals surface area contributed by atoms with Crippen LogP contribution in [0.2, 0.25) is 0 Å². The van der Waals surface area contributed by atoms with Gasteiger partial charge >= 0.3 is 0 Å². The monoisotopic (exact) mass is 947 g/mol. The van der Waals surface area contributed by atoms with Gasteiger partial charge in [0.2, 0.25) is 9.39 Å². The summed E-state index contributed by atoms with van der Waals surface area (Å²) >= 11 is 25.7. The Balaban J connectivity index is 2.13. The van der Waals surface area contributed by atoms with Crippen molar-refractivity contribution in [2.75, 3.05) is 13.1 Å². The molecule has 0 aliphatic carbocycles. The molecule has 170 valence electrons. The molecule has 6 nitrogen and oxygen atoms in total. The predicted octanol–water partition coefficient (Wildman–Crippen LogP) is 7.49. The first-order valence-electron chi connectivity index (χ1n) is 8.19. The molecule has 0 unspecified atom stereocenters. The summed E-state index contributed by atoms with van der Waals surface area (Å²) in [6.07, 6.45) is 0. The van der Waals surface area contributed by atoms with Crippen molar-refractivity contribution in [3.63, 3.8) is 0 Å². The van der Waals surface area contributed by atoms with Gasteiger partial charge in [0.1, 0.15) is 0 Å². The minimum absolute atomic E-state index is 0.0856. The van der Waals surface area contributed by atoms with Gasteiger partial charge in [-0.2, -0.15) is 0 Å². The van der Waals surface area contributed by atoms with E-state index in [1.165, 1.54) is 12.1 Å². The Labute approximate surface area is 249 Å². The highest BCUT2D eigenvalue weighted by Crippen LogP contribution is 2.38. The van der Waals surface area contributed by atoms with Crippen LogP contribution in [0.4, 0.5) is 0 Å². The van der Waals surface area contributed by atoms with Gasteiger partial charge in [-0.15, -0.1) is 0 Å². The van der Waals surface area contributed by atoms with Crippen LogP contribution in [-0.2, 0) is 0 Å². The summed E-state index contributed by atoms with van der Waals surface area (Å²) in [6, 6.07) is 3.03. The lowest BCUT2D eigenvalue weighted by Crippen LogP contribution is -2.35. The van der Waals surface area contributed by atoms with E-state index in [1.807, 2.05) is 0 Å². The van der Waals surface area contributed by atoms with E-state index in [4.69, 9.17) is 0 Å². The minimum Gasteiger partial charge on any atom is -0.350 e. The number of benzene rings is 2. The van der Waals surface area contributed by atoms with Crippen molar-refractivity contribution in [2.45, 2.75) is 0 Å². The highest BCUT2D eigenvalue weighted by atomic mass is 79.9. The van der Waals surface area contributed by atoms with Crippen molar-refractivity contribution in [3.05, 3.63) is 61.2 Å². The van der Waals surface area contributed by atoms with Gasteiger partial charge in [0, 0.05) is 39.9 Å². The first kappa shape index (κ1) is 28.8. The van der Waals surface area contributed by atoms with E-state index in [0.717, 1.165) is 0 Å². The fraction of sp³-hybridized carbons (Fsp3) is 0.111. The lowest BCUT2D eigenvalue weighted by atomic mass is 10.1. The molecule has 0 saturated carbocycles. The van der Waals surface area contributed by atoms with Gasteiger partial charge in [-0.1, -0.05) is 0 Å². The van der Waals surface area contributed by atoms with Crippen molar-refractivity contribution >= 4 is 149 Å². The van der Waals surface area contributed by atoms with Gasteiger partial charge in [0.15, 0.2) is 0 Å². The van der Waals surface area contributed by atoms with Gasteiger partial charge in [-0.05, 0) is 140 Å². The highest BCUT2D eigenvalue weighted by Gasteiger charge is 2.24. The minimum atomic E-state index is -0.499. The van der Waals surface area contributed by atoms with Crippen LogP contribution in [0.25, 0.3) is 0 Å². The molecule has 0 spiro atoms. The second-order valence-electron chi connectivity index (χ2n) is 5.88. The summed E-state index contributed by atoms with van der Waals surface area (Å²) in [6.45, 7) is 0.171. The third kappa shape index (κ3) is 6.61. The van der Waals surface area contributed by atoms with E-state index in [1.54, 1.807) is 0 Å². The summed E-state index contributed by atoms with van der Waals surface area (Å²) in [5, 5.41) is 5.32. The SMILES string of the molecule is O=C(NCCNC(=O)c1cc(Br)c(Br)c(Br)c1C(=O)Br)c1cc(Br)c(Br)c(Br)c1C(=O)Br. The van der Waals surface area contributed by atoms with Crippen LogP contribution in [0.3, 0.4) is 0 Å². The average molecular weight is 956 g/mol. The van der Waals surface area contributed by atoms with Gasteiger partial charge < -0.3 is 10.6 Å². The van der Waals surface area contributed by atoms with E-state index in [9.17, 15) is 19.2 Å². The molecular weight excluding hydrogens is 947 g/mol. The summed E-state index contributed by atoms with van der Waals surface area (Å²) in [5.41, 5.74) is 0.611. The van der Waals surface area contributed by atoms with Crippen molar-refractivity contribution in [1.82, 2.24) is 10.6 Å². The lowest BCUT2D eigenvalue weighted by molar-refractivity contribution is 0.0924. The summed E-state index contributed by atoms with van der Waals surface area (Å²) in [4.78, 5) is 49.2. The molecule has 0 aliphatic rings. The molecule has 2 aromatic rings. The standard InChI is InChI=1S/C18H8Br8N2O4/c19-7-3-5(9(15(25)29)13(23)11(7)21)17(31)27-1-2-28-18(32)6-4-8(20)12(22)14(24)10(6)16(26)30/h3-4H,1-2H2,(H,27,31)(H,28,32). The number of carbonyl (C=O) groups excluding carboxylic acids is 4. The van der Waals surface area contributed by atoms with Crippen LogP contribution in [0.5, 0.6) is 0 Å². The van der Waals surface area contributed by atoms with E-state index in [2.05, 4.69) is 138 Å². The Hall–Kier alpha value is 0.560. The van der Waals surface area contributed by atoms with Gasteiger partial charge in [0.25, 0.3) is 11.8 Å². The first-order chi connectivity index (χ1) is 14.9. The molecule has 32 heavy (non-hydrogen) atoms. The Morgan fingerprint density at radius 3 is 1.19 bits per heavy atom. The zero-order chi connectivity index (χ0) is 24.3. The van der Waals surface area contributed by atoms with Crippen LogP contribution in [0, 0.1) is 0 Å². The van der Waals surface area contributed by atoms with Gasteiger partial charge in [-0.3, -0.25) is 19.2 Å². The molecule has 0 heterocycles. The molecule has 0 aromatic heterocycles. The van der Waals surface area contributed by atoms with E-state index in [0.29, 0.717) is 26.8 Å². The molecule has 0 fully saturated rings. The van der Waals surface area contributed by atoms with Crippen LogP contribution in [-0.4, -0.2) is 34.3 Å². The zero-order valence-corrected chi connectivity index (χ0v) is 27.9. The fourth-order valence-electron chi connectivity index (χ4n) is 2.48. The van der Waals surface area contributed by atoms with E-state index >= 15 is 0 Å². The third-order valence-corrected chi connectivity index (χ3v) is 11.3. The molecule has 0 radical (unpaired) electrons. The predicted molar refractivity (Wildman–Crippen MR) is 150 cm³/mol. The smallest absolute Gasteiger partial charge is 0.252 e. The number of carbonyl (C=O) groups is 4. The fourth-order valence-corrected chi connectivity index (χ4v) is 7.06. The zero-order valence-electron chi connectivity index (χ0n) is 15.2. The first-order valence-corrected chi connectivity index (χ1v) is 14.5. The average Bonchev–Trinajstić information content (AvgIpc) is 2.71. The number of hydrogen-bond acceptors (Lipinski definition) is 4. The molecule has 2 aromatic carbocycles. The molecule has 0 saturated heterocycles. The molecule has 0 bridgehead atoms. The molecule has 14 heteroatoms. The second kappa shape index (κ2) is 12.5. The maximum absolute atomic E-state index is 12.6. The summed E-state index contributed by atoms with van der Waals surface area (Å²) in [7, 11) is 0. The molecule has 0 atom stereocenters. The lowest BCUT2D eigenvalue weighted by Gasteiger charge is -2.14. The Bertz CT molecular complexity index is 1060. The Morgan fingerprint density at radius 1 is 0.594 bits per heavy atom. The Kier molecular flexibility index (Phi) is 11.2. The van der Waals surface area contributed by atoms with Crippen LogP contribution >= 0.6 is 127 Å². The normalized spacial score (nSPS) is 10.6. The largest absolute Gasteiger partial charge is 0.350 e. The second-order valence-corrected chi connectivity index (χ2v) is 12.2. The maximum atomic E-state index is 12.6. The summed E-state index contributed by atoms with van der Waals surface area (Å²) < 4.78 is 2.26. The van der Waals surface area contributed by atoms with Crippen LogP contribution in [0.15, 0.2) is 39.0 Å². The number of amides is 2. The van der Waals surface area contributed by atoms with Crippen molar-refractivity contribution < 1.29 is 19.2 Å². The van der Waals surface area contributed by atoms with Crippen molar-refractivity contribution in [1.29, 1.82) is 0 Å². The molecule has 0 aliphatic heterocycles. The number of nitrogens with one attached hydrogen (secondary N) is 2. The number of hydrogen-bond donors (Lipinski definition) is 2. The Morgan fingerprint density at radius 2 is 0.906 bits per heavy atom. The van der Waals surface area contributed by atoms with Gasteiger partial charge in [-0.25, -0.2) is 0 Å². The quantitative estimate of drug-likeness (QED) is 0.171. The summed E-state index contributed by atoms with van der Waals surface area (Å²) in [5.74, 6) is -0.997. The molecule has 2 rings (SSSR count). The molecular formula is C18H8Br8N2O4. The third-order valence-electron chi connectivity index (χ3n) is 3.90. The number of rotatable bonds is 7. The van der Waals surface area contributed by atoms with Gasteiger partial charge in [0.05, 0.1) is 22.3 Å². The molecule has 2 amide bonds. The maximum Gasteiger partial charge on any atom is 0.252 e. The van der Waals surface area contributed by atoms with Crippen LogP contribution < -0.4 is 10.6 Å².